The van der Waals surface area contributed by atoms with Gasteiger partial charge < -0.3 is 20.1 Å². The largest absolute Gasteiger partial charge is 0.458 e. The van der Waals surface area contributed by atoms with Crippen molar-refractivity contribution in [3.8, 4) is 0 Å². The molecule has 0 aromatic heterocycles. The van der Waals surface area contributed by atoms with Gasteiger partial charge in [0.1, 0.15) is 0 Å². The van der Waals surface area contributed by atoms with Crippen molar-refractivity contribution < 1.29 is 38.8 Å². The highest BCUT2D eigenvalue weighted by Crippen LogP contribution is 2.69. The topological polar surface area (TPSA) is 121 Å². The van der Waals surface area contributed by atoms with E-state index in [4.69, 9.17) is 4.74 Å². The van der Waals surface area contributed by atoms with E-state index in [1.54, 1.807) is 13.8 Å². The van der Waals surface area contributed by atoms with Crippen molar-refractivity contribution in [2.45, 2.75) is 89.2 Å². The molecule has 0 aliphatic heterocycles. The van der Waals surface area contributed by atoms with Crippen LogP contribution >= 0.6 is 0 Å². The maximum Gasteiger partial charge on any atom is 0.306 e. The second kappa shape index (κ2) is 8.35. The fourth-order valence-corrected chi connectivity index (χ4v) is 7.38. The van der Waals surface area contributed by atoms with Crippen LogP contribution in [0.25, 0.3) is 0 Å². The number of fused-ring (bicyclic) bond motifs is 5. The summed E-state index contributed by atoms with van der Waals surface area (Å²) >= 11 is 0. The van der Waals surface area contributed by atoms with Gasteiger partial charge in [-0.3, -0.25) is 14.4 Å². The van der Waals surface area contributed by atoms with Crippen molar-refractivity contribution in [2.24, 2.45) is 22.7 Å². The molecule has 188 valence electrons. The predicted octanol–water partition coefficient (Wildman–Crippen LogP) is 2.36. The number of ketones is 2. The average Bonchev–Trinajstić information content (AvgIpc) is 2.99. The third-order valence-electron chi connectivity index (χ3n) is 9.39. The Kier molecular flexibility index (Phi) is 6.19. The number of unbranched alkanes of at least 4 members (excludes halogenated alkanes) is 1. The number of allylic oxidation sites excluding steroid dienone is 4. The summed E-state index contributed by atoms with van der Waals surface area (Å²) < 4.78 is 22.1. The number of Topliss-reactive ketones (excluding diaryl/α,β-unsaturated/α-hetero) is 1. The number of carbonyl (C=O) groups is 3. The number of halogens is 1. The highest BCUT2D eigenvalue weighted by Gasteiger charge is 2.76. The molecular weight excluding hydrogens is 443 g/mol. The number of esters is 1. The van der Waals surface area contributed by atoms with E-state index >= 15 is 4.39 Å². The van der Waals surface area contributed by atoms with Gasteiger partial charge in [0, 0.05) is 23.2 Å². The van der Waals surface area contributed by atoms with E-state index in [2.05, 4.69) is 0 Å². The third-order valence-corrected chi connectivity index (χ3v) is 9.39. The zero-order valence-electron chi connectivity index (χ0n) is 20.1. The van der Waals surface area contributed by atoms with Gasteiger partial charge in [-0.15, -0.1) is 0 Å². The molecule has 0 saturated heterocycles. The molecule has 3 fully saturated rings. The van der Waals surface area contributed by atoms with Gasteiger partial charge in [0.25, 0.3) is 0 Å². The van der Waals surface area contributed by atoms with Crippen LogP contribution < -0.4 is 0 Å². The lowest BCUT2D eigenvalue weighted by molar-refractivity contribution is -0.222. The van der Waals surface area contributed by atoms with Crippen LogP contribution in [0.2, 0.25) is 0 Å². The summed E-state index contributed by atoms with van der Waals surface area (Å²) in [6.07, 6.45) is 3.32. The Bertz CT molecular complexity index is 959. The molecule has 3 unspecified atom stereocenters. The first-order valence-corrected chi connectivity index (χ1v) is 12.3. The normalized spacial score (nSPS) is 45.1. The van der Waals surface area contributed by atoms with E-state index in [9.17, 15) is 29.7 Å². The van der Waals surface area contributed by atoms with Crippen LogP contribution in [0.5, 0.6) is 0 Å². The molecule has 0 radical (unpaired) electrons. The summed E-state index contributed by atoms with van der Waals surface area (Å²) in [5.41, 5.74) is -6.29. The van der Waals surface area contributed by atoms with Crippen molar-refractivity contribution in [1.82, 2.24) is 0 Å². The van der Waals surface area contributed by atoms with Gasteiger partial charge in [-0.25, -0.2) is 4.39 Å². The smallest absolute Gasteiger partial charge is 0.306 e. The predicted molar refractivity (Wildman–Crippen MR) is 120 cm³/mol. The Balaban J connectivity index is 1.65. The summed E-state index contributed by atoms with van der Waals surface area (Å²) in [5.74, 6) is -2.94. The molecule has 4 aliphatic carbocycles. The highest BCUT2D eigenvalue weighted by molar-refractivity contribution is 6.01. The Labute approximate surface area is 199 Å². The molecule has 0 aromatic carbocycles. The van der Waals surface area contributed by atoms with E-state index in [1.807, 2.05) is 6.92 Å². The number of hydrogen-bond acceptors (Lipinski definition) is 7. The van der Waals surface area contributed by atoms with Crippen LogP contribution in [0.15, 0.2) is 23.8 Å². The molecule has 34 heavy (non-hydrogen) atoms. The first-order valence-electron chi connectivity index (χ1n) is 12.3. The van der Waals surface area contributed by atoms with Gasteiger partial charge in [-0.05, 0) is 57.1 Å². The Hall–Kier alpha value is -1.90. The number of alkyl halides is 1. The van der Waals surface area contributed by atoms with Crippen molar-refractivity contribution in [3.63, 3.8) is 0 Å². The molecule has 3 N–H and O–H groups in total. The first kappa shape index (κ1) is 25.2. The summed E-state index contributed by atoms with van der Waals surface area (Å²) in [6.45, 7) is 4.52. The summed E-state index contributed by atoms with van der Waals surface area (Å²) in [7, 11) is 0. The Morgan fingerprint density at radius 3 is 2.59 bits per heavy atom. The SMILES string of the molecule is CCCCC(=O)OCC(=O)[C@@]1(O)[C@H](O)C[C@H]2C3CCC4=CC(=O)C=CC4(C)[C@@]3(F)[C@@H](O)CC21C. The van der Waals surface area contributed by atoms with E-state index < -0.39 is 64.5 Å². The van der Waals surface area contributed by atoms with E-state index in [0.717, 1.165) is 6.42 Å². The molecular formula is C26H35FO7. The van der Waals surface area contributed by atoms with Crippen LogP contribution in [0.4, 0.5) is 4.39 Å². The van der Waals surface area contributed by atoms with Gasteiger partial charge in [-0.2, -0.15) is 0 Å². The lowest BCUT2D eigenvalue weighted by Gasteiger charge is -2.62. The number of rotatable bonds is 6. The quantitative estimate of drug-likeness (QED) is 0.501. The van der Waals surface area contributed by atoms with Gasteiger partial charge in [-0.1, -0.05) is 31.9 Å². The summed E-state index contributed by atoms with van der Waals surface area (Å²) in [5, 5.41) is 33.8. The molecule has 4 rings (SSSR count). The third kappa shape index (κ3) is 3.21. The molecule has 8 atom stereocenters. The van der Waals surface area contributed by atoms with Crippen molar-refractivity contribution >= 4 is 17.5 Å². The van der Waals surface area contributed by atoms with Crippen LogP contribution in [0, 0.1) is 22.7 Å². The zero-order valence-corrected chi connectivity index (χ0v) is 20.1. The van der Waals surface area contributed by atoms with Gasteiger partial charge in [0.05, 0.1) is 12.2 Å². The summed E-state index contributed by atoms with van der Waals surface area (Å²) in [6, 6.07) is 0. The molecule has 8 heteroatoms. The van der Waals surface area contributed by atoms with E-state index in [-0.39, 0.29) is 25.0 Å². The molecule has 0 heterocycles. The number of hydrogen-bond donors (Lipinski definition) is 3. The standard InChI is InChI=1S/C26H35FO7/c1-4-5-6-22(32)34-14-21(31)26(33)19(29)12-18-17-8-7-15-11-16(28)9-10-23(15,2)25(17,27)20(30)13-24(18,26)3/h9-11,17-20,29-30,33H,4-8,12-14H2,1-3H3/t17?,18-,19+,20-,23?,24?,25-,26-/m0/s1. The number of aliphatic hydroxyl groups is 3. The summed E-state index contributed by atoms with van der Waals surface area (Å²) in [4.78, 5) is 37.0. The average molecular weight is 479 g/mol. The number of ether oxygens (including phenoxy) is 1. The molecule has 4 aliphatic rings. The molecule has 3 saturated carbocycles. The first-order chi connectivity index (χ1) is 15.9. The Morgan fingerprint density at radius 2 is 1.91 bits per heavy atom. The fourth-order valence-electron chi connectivity index (χ4n) is 7.38. The molecule has 0 bridgehead atoms. The van der Waals surface area contributed by atoms with E-state index in [0.29, 0.717) is 24.8 Å². The lowest BCUT2D eigenvalue weighted by atomic mass is 9.44. The second-order valence-electron chi connectivity index (χ2n) is 11.0. The van der Waals surface area contributed by atoms with Crippen molar-refractivity contribution in [2.75, 3.05) is 6.61 Å². The molecule has 0 amide bonds. The van der Waals surface area contributed by atoms with Crippen LogP contribution in [0.1, 0.15) is 65.7 Å². The van der Waals surface area contributed by atoms with Gasteiger partial charge in [0.2, 0.25) is 5.78 Å². The van der Waals surface area contributed by atoms with Crippen LogP contribution in [-0.2, 0) is 19.1 Å². The maximum absolute atomic E-state index is 17.0. The second-order valence-corrected chi connectivity index (χ2v) is 11.0. The minimum absolute atomic E-state index is 0.0106. The number of aliphatic hydroxyl groups excluding tert-OH is 2. The zero-order chi connectivity index (χ0) is 25.1. The number of carbonyl (C=O) groups excluding carboxylic acids is 3. The van der Waals surface area contributed by atoms with Crippen molar-refractivity contribution in [3.05, 3.63) is 23.8 Å². The Morgan fingerprint density at radius 1 is 1.21 bits per heavy atom. The van der Waals surface area contributed by atoms with Crippen molar-refractivity contribution in [1.29, 1.82) is 0 Å². The maximum atomic E-state index is 17.0. The monoisotopic (exact) mass is 478 g/mol. The highest BCUT2D eigenvalue weighted by atomic mass is 19.1. The molecule has 0 aromatic rings. The molecule has 7 nitrogen and oxygen atoms in total. The van der Waals surface area contributed by atoms with Gasteiger partial charge >= 0.3 is 5.97 Å². The minimum Gasteiger partial charge on any atom is -0.458 e. The fraction of sp³-hybridized carbons (Fsp3) is 0.731. The van der Waals surface area contributed by atoms with E-state index in [1.165, 1.54) is 18.2 Å². The van der Waals surface area contributed by atoms with Crippen LogP contribution in [0.3, 0.4) is 0 Å². The molecule has 0 spiro atoms. The minimum atomic E-state index is -2.28. The lowest BCUT2D eigenvalue weighted by Crippen LogP contribution is -2.69. The van der Waals surface area contributed by atoms with Gasteiger partial charge in [0.15, 0.2) is 23.7 Å². The van der Waals surface area contributed by atoms with Crippen LogP contribution in [-0.4, -0.2) is 62.9 Å².